The first-order valence-corrected chi connectivity index (χ1v) is 7.13. The van der Waals surface area contributed by atoms with Crippen LogP contribution >= 0.6 is 0 Å². The predicted molar refractivity (Wildman–Crippen MR) is 86.2 cm³/mol. The van der Waals surface area contributed by atoms with E-state index in [0.29, 0.717) is 11.3 Å². The van der Waals surface area contributed by atoms with Gasteiger partial charge in [-0.25, -0.2) is 0 Å². The lowest BCUT2D eigenvalue weighted by molar-refractivity contribution is 0.0959. The minimum atomic E-state index is -1.04. The molecule has 0 N–H and O–H groups in total. The molecule has 0 amide bonds. The molecule has 0 aliphatic carbocycles. The third-order valence-electron chi connectivity index (χ3n) is 3.90. The molecule has 0 saturated heterocycles. The van der Waals surface area contributed by atoms with Gasteiger partial charge in [0.25, 0.3) is 0 Å². The molecule has 0 saturated carbocycles. The Morgan fingerprint density at radius 2 is 1.77 bits per heavy atom. The second-order valence-electron chi connectivity index (χ2n) is 5.38. The van der Waals surface area contributed by atoms with Crippen LogP contribution in [0.1, 0.15) is 33.4 Å². The lowest BCUT2D eigenvalue weighted by Crippen LogP contribution is -2.14. The van der Waals surface area contributed by atoms with Crippen LogP contribution in [-0.4, -0.2) is 10.2 Å². The van der Waals surface area contributed by atoms with Gasteiger partial charge in [-0.2, -0.15) is 0 Å². The Kier molecular flexibility index (Phi) is 3.59. The molecule has 3 rings (SSSR count). The van der Waals surface area contributed by atoms with Gasteiger partial charge in [-0.3, -0.25) is 4.79 Å². The number of pyridine rings is 1. The Morgan fingerprint density at radius 3 is 2.45 bits per heavy atom. The van der Waals surface area contributed by atoms with Gasteiger partial charge >= 0.3 is 0 Å². The monoisotopic (exact) mass is 292 g/mol. The highest BCUT2D eigenvalue weighted by molar-refractivity contribution is 6.00. The molecule has 1 unspecified atom stereocenters. The molecule has 1 atom stereocenters. The molecule has 0 spiro atoms. The van der Waals surface area contributed by atoms with Crippen molar-refractivity contribution in [3.05, 3.63) is 82.0 Å². The number of benzene rings is 1. The summed E-state index contributed by atoms with van der Waals surface area (Å²) in [6.07, 6.45) is 0. The lowest BCUT2D eigenvalue weighted by Gasteiger charge is -2.12. The first-order valence-electron chi connectivity index (χ1n) is 7.13. The van der Waals surface area contributed by atoms with E-state index in [1.54, 1.807) is 24.3 Å². The molecular formula is C18H16N2O2. The standard InChI is InChI=1S/C18H16N2O2/c1-12-11-15-10-6-7-13(2)20(15)17(12)16(19-22)18(21)14-8-4-3-5-9-14/h3-11,16H,1-2H3. The minimum Gasteiger partial charge on any atom is -0.315 e. The van der Waals surface area contributed by atoms with Crippen LogP contribution in [0.2, 0.25) is 0 Å². The number of hydrogen-bond acceptors (Lipinski definition) is 3. The van der Waals surface area contributed by atoms with Crippen molar-refractivity contribution < 1.29 is 4.79 Å². The summed E-state index contributed by atoms with van der Waals surface area (Å²) in [6.45, 7) is 3.85. The largest absolute Gasteiger partial charge is 0.315 e. The molecule has 4 nitrogen and oxygen atoms in total. The summed E-state index contributed by atoms with van der Waals surface area (Å²) in [4.78, 5) is 24.1. The van der Waals surface area contributed by atoms with E-state index in [2.05, 4.69) is 5.18 Å². The number of Topliss-reactive ketones (excluding diaryl/α,β-unsaturated/α-hetero) is 1. The number of ketones is 1. The molecule has 0 aliphatic rings. The first-order chi connectivity index (χ1) is 10.6. The molecule has 1 aromatic carbocycles. The number of carbonyl (C=O) groups is 1. The smallest absolute Gasteiger partial charge is 0.197 e. The zero-order valence-corrected chi connectivity index (χ0v) is 12.5. The van der Waals surface area contributed by atoms with Crippen molar-refractivity contribution in [1.82, 2.24) is 4.40 Å². The number of aryl methyl sites for hydroxylation is 2. The van der Waals surface area contributed by atoms with E-state index >= 15 is 0 Å². The number of nitrogens with zero attached hydrogens (tertiary/aromatic N) is 2. The van der Waals surface area contributed by atoms with Gasteiger partial charge in [0.05, 0.1) is 5.69 Å². The lowest BCUT2D eigenvalue weighted by atomic mass is 10.0. The summed E-state index contributed by atoms with van der Waals surface area (Å²) in [5, 5.41) is 3.14. The average Bonchev–Trinajstić information content (AvgIpc) is 2.87. The van der Waals surface area contributed by atoms with E-state index in [1.807, 2.05) is 48.6 Å². The van der Waals surface area contributed by atoms with E-state index in [1.165, 1.54) is 0 Å². The van der Waals surface area contributed by atoms with Gasteiger partial charge < -0.3 is 4.40 Å². The van der Waals surface area contributed by atoms with Crippen LogP contribution < -0.4 is 0 Å². The zero-order valence-electron chi connectivity index (χ0n) is 12.5. The van der Waals surface area contributed by atoms with Crippen LogP contribution in [0.5, 0.6) is 0 Å². The fourth-order valence-electron chi connectivity index (χ4n) is 2.87. The van der Waals surface area contributed by atoms with E-state index in [4.69, 9.17) is 0 Å². The maximum absolute atomic E-state index is 12.7. The van der Waals surface area contributed by atoms with Crippen molar-refractivity contribution in [2.45, 2.75) is 19.9 Å². The molecule has 0 bridgehead atoms. The molecule has 4 heteroatoms. The van der Waals surface area contributed by atoms with E-state index in [0.717, 1.165) is 16.8 Å². The Labute approximate surface area is 128 Å². The Bertz CT molecular complexity index is 850. The maximum Gasteiger partial charge on any atom is 0.197 e. The fraction of sp³-hybridized carbons (Fsp3) is 0.167. The molecule has 110 valence electrons. The molecule has 3 aromatic rings. The van der Waals surface area contributed by atoms with Gasteiger partial charge in [-0.15, -0.1) is 4.91 Å². The Morgan fingerprint density at radius 1 is 1.05 bits per heavy atom. The molecule has 0 radical (unpaired) electrons. The van der Waals surface area contributed by atoms with Gasteiger partial charge in [-0.1, -0.05) is 41.6 Å². The highest BCUT2D eigenvalue weighted by Gasteiger charge is 2.28. The van der Waals surface area contributed by atoms with Crippen molar-refractivity contribution in [2.75, 3.05) is 0 Å². The van der Waals surface area contributed by atoms with Gasteiger partial charge in [0, 0.05) is 16.8 Å². The summed E-state index contributed by atoms with van der Waals surface area (Å²) in [5.41, 5.74) is 3.97. The van der Waals surface area contributed by atoms with Crippen molar-refractivity contribution in [3.8, 4) is 0 Å². The van der Waals surface area contributed by atoms with Crippen LogP contribution in [0.4, 0.5) is 0 Å². The molecule has 2 aromatic heterocycles. The Hall–Kier alpha value is -2.75. The molecule has 2 heterocycles. The minimum absolute atomic E-state index is 0.276. The highest BCUT2D eigenvalue weighted by atomic mass is 16.3. The van der Waals surface area contributed by atoms with Crippen molar-refractivity contribution in [3.63, 3.8) is 0 Å². The molecule has 0 aliphatic heterocycles. The van der Waals surface area contributed by atoms with Crippen LogP contribution in [0.15, 0.2) is 59.8 Å². The molecular weight excluding hydrogens is 276 g/mol. The number of carbonyl (C=O) groups excluding carboxylic acids is 1. The van der Waals surface area contributed by atoms with Crippen molar-refractivity contribution >= 4 is 11.3 Å². The number of fused-ring (bicyclic) bond motifs is 1. The van der Waals surface area contributed by atoms with Crippen LogP contribution in [0.25, 0.3) is 5.52 Å². The second kappa shape index (κ2) is 5.56. The summed E-state index contributed by atoms with van der Waals surface area (Å²) in [6, 6.07) is 15.6. The summed E-state index contributed by atoms with van der Waals surface area (Å²) < 4.78 is 1.93. The van der Waals surface area contributed by atoms with Crippen molar-refractivity contribution in [2.24, 2.45) is 5.18 Å². The number of nitroso groups, excluding NO2 is 1. The average molecular weight is 292 g/mol. The van der Waals surface area contributed by atoms with Gasteiger partial charge in [0.2, 0.25) is 0 Å². The topological polar surface area (TPSA) is 50.9 Å². The van der Waals surface area contributed by atoms with Crippen LogP contribution in [0.3, 0.4) is 0 Å². The summed E-state index contributed by atoms with van der Waals surface area (Å²) >= 11 is 0. The number of aromatic nitrogens is 1. The third kappa shape index (κ3) is 2.22. The fourth-order valence-corrected chi connectivity index (χ4v) is 2.87. The first kappa shape index (κ1) is 14.2. The Balaban J connectivity index is 2.18. The SMILES string of the molecule is Cc1cc2cccc(C)n2c1C(N=O)C(=O)c1ccccc1. The van der Waals surface area contributed by atoms with Gasteiger partial charge in [0.1, 0.15) is 0 Å². The van der Waals surface area contributed by atoms with Crippen LogP contribution in [0, 0.1) is 18.8 Å². The maximum atomic E-state index is 12.7. The normalized spacial score (nSPS) is 12.3. The summed E-state index contributed by atoms with van der Waals surface area (Å²) in [7, 11) is 0. The van der Waals surface area contributed by atoms with E-state index < -0.39 is 6.04 Å². The summed E-state index contributed by atoms with van der Waals surface area (Å²) in [5.74, 6) is -0.276. The number of hydrogen-bond donors (Lipinski definition) is 0. The third-order valence-corrected chi connectivity index (χ3v) is 3.90. The van der Waals surface area contributed by atoms with Gasteiger partial charge in [-0.05, 0) is 37.6 Å². The van der Waals surface area contributed by atoms with E-state index in [9.17, 15) is 9.70 Å². The van der Waals surface area contributed by atoms with Crippen LogP contribution in [-0.2, 0) is 0 Å². The molecule has 22 heavy (non-hydrogen) atoms. The van der Waals surface area contributed by atoms with Crippen molar-refractivity contribution in [1.29, 1.82) is 0 Å². The highest BCUT2D eigenvalue weighted by Crippen LogP contribution is 2.29. The van der Waals surface area contributed by atoms with Gasteiger partial charge in [0.15, 0.2) is 11.8 Å². The zero-order chi connectivity index (χ0) is 15.7. The number of rotatable bonds is 4. The quantitative estimate of drug-likeness (QED) is 0.533. The second-order valence-corrected chi connectivity index (χ2v) is 5.38. The predicted octanol–water partition coefficient (Wildman–Crippen LogP) is 4.25. The van der Waals surface area contributed by atoms with E-state index in [-0.39, 0.29) is 5.78 Å². The molecule has 0 fully saturated rings.